The number of ether oxygens (including phenoxy) is 3. The van der Waals surface area contributed by atoms with Gasteiger partial charge in [0.2, 0.25) is 10.0 Å². The minimum absolute atomic E-state index is 0.00872. The first kappa shape index (κ1) is 32.0. The second kappa shape index (κ2) is 13.1. The molecule has 0 unspecified atom stereocenters. The number of rotatable bonds is 9. The number of halogens is 3. The molecular weight excluding hydrogens is 601 g/mol. The van der Waals surface area contributed by atoms with Crippen LogP contribution in [0.15, 0.2) is 23.1 Å². The van der Waals surface area contributed by atoms with Gasteiger partial charge in [0.25, 0.3) is 0 Å². The van der Waals surface area contributed by atoms with Crippen LogP contribution in [0.3, 0.4) is 0 Å². The molecular formula is C26H33F3N4O7S2. The Bertz CT molecular complexity index is 1390. The second-order valence-corrected chi connectivity index (χ2v) is 13.0. The lowest BCUT2D eigenvalue weighted by atomic mass is 9.86. The van der Waals surface area contributed by atoms with Crippen LogP contribution in [0.4, 0.5) is 28.4 Å². The summed E-state index contributed by atoms with van der Waals surface area (Å²) in [5.41, 5.74) is -1.34. The minimum atomic E-state index is -4.85. The molecule has 4 rings (SSSR count). The Hall–Kier alpha value is -2.95. The Balaban J connectivity index is 1.62. The van der Waals surface area contributed by atoms with Gasteiger partial charge in [0.05, 0.1) is 34.1 Å². The summed E-state index contributed by atoms with van der Waals surface area (Å²) in [7, 11) is -4.27. The molecule has 16 heteroatoms. The molecule has 2 amide bonds. The molecule has 1 aromatic heterocycles. The van der Waals surface area contributed by atoms with Crippen molar-refractivity contribution in [1.29, 1.82) is 0 Å². The van der Waals surface area contributed by atoms with E-state index in [0.717, 1.165) is 17.4 Å². The van der Waals surface area contributed by atoms with Gasteiger partial charge in [-0.15, -0.1) is 11.3 Å². The molecule has 1 saturated heterocycles. The number of aromatic nitrogens is 1. The summed E-state index contributed by atoms with van der Waals surface area (Å²) in [5.74, 6) is -0.302. The molecule has 3 N–H and O–H groups in total. The number of alkyl halides is 3. The fourth-order valence-electron chi connectivity index (χ4n) is 4.64. The SMILES string of the molecule is CCNS(=O)(=O)c1cc(NC(=O)OC2COC2)ccc1-c1sc(C2CCC(NC(=O)OC(C)C)CC2)nc1C(F)(F)F. The van der Waals surface area contributed by atoms with Gasteiger partial charge in [-0.2, -0.15) is 13.2 Å². The number of amides is 2. The van der Waals surface area contributed by atoms with E-state index in [1.54, 1.807) is 13.8 Å². The van der Waals surface area contributed by atoms with Crippen molar-refractivity contribution >= 4 is 39.2 Å². The van der Waals surface area contributed by atoms with E-state index in [0.29, 0.717) is 25.7 Å². The molecule has 232 valence electrons. The zero-order valence-corrected chi connectivity index (χ0v) is 24.9. The number of nitrogens with one attached hydrogen (secondary N) is 3. The van der Waals surface area contributed by atoms with Crippen LogP contribution >= 0.6 is 11.3 Å². The molecule has 1 saturated carbocycles. The number of carbonyl (C=O) groups is 2. The van der Waals surface area contributed by atoms with E-state index in [2.05, 4.69) is 20.3 Å². The zero-order valence-electron chi connectivity index (χ0n) is 23.2. The van der Waals surface area contributed by atoms with Crippen LogP contribution in [0.5, 0.6) is 0 Å². The number of sulfonamides is 1. The summed E-state index contributed by atoms with van der Waals surface area (Å²) in [6.07, 6.45) is -4.93. The van der Waals surface area contributed by atoms with Gasteiger partial charge in [-0.05, 0) is 51.7 Å². The fraction of sp³-hybridized carbons (Fsp3) is 0.577. The number of carbonyl (C=O) groups excluding carboxylic acids is 2. The second-order valence-electron chi connectivity index (χ2n) is 10.3. The van der Waals surface area contributed by atoms with E-state index in [1.165, 1.54) is 19.1 Å². The molecule has 11 nitrogen and oxygen atoms in total. The maximum atomic E-state index is 14.2. The predicted octanol–water partition coefficient (Wildman–Crippen LogP) is 5.24. The van der Waals surface area contributed by atoms with Crippen LogP contribution in [-0.4, -0.2) is 63.6 Å². The predicted molar refractivity (Wildman–Crippen MR) is 148 cm³/mol. The largest absolute Gasteiger partial charge is 0.447 e. The summed E-state index contributed by atoms with van der Waals surface area (Å²) >= 11 is 0.795. The molecule has 0 radical (unpaired) electrons. The molecule has 0 spiro atoms. The number of hydrogen-bond acceptors (Lipinski definition) is 9. The third-order valence-corrected chi connectivity index (χ3v) is 9.47. The molecule has 2 aromatic rings. The standard InChI is InChI=1S/C26H33F3N4O7S2/c1-4-30-42(36,37)20-11-17(32-25(35)40-18-12-38-13-18)9-10-19(20)21-22(26(27,28)29)33-23(41-21)15-5-7-16(8-6-15)31-24(34)39-14(2)3/h9-11,14-16,18,30H,4-8,12-13H2,1-3H3,(H,31,34)(H,32,35). The third kappa shape index (κ3) is 7.90. The highest BCUT2D eigenvalue weighted by Gasteiger charge is 2.40. The monoisotopic (exact) mass is 634 g/mol. The summed E-state index contributed by atoms with van der Waals surface area (Å²) in [6, 6.07) is 3.46. The van der Waals surface area contributed by atoms with Gasteiger partial charge in [0.1, 0.15) is 0 Å². The first-order chi connectivity index (χ1) is 19.8. The Labute approximate surface area is 245 Å². The van der Waals surface area contributed by atoms with Gasteiger partial charge in [-0.25, -0.2) is 27.7 Å². The average molecular weight is 635 g/mol. The van der Waals surface area contributed by atoms with Crippen LogP contribution in [0.2, 0.25) is 0 Å². The van der Waals surface area contributed by atoms with Gasteiger partial charge in [-0.3, -0.25) is 5.32 Å². The lowest BCUT2D eigenvalue weighted by Gasteiger charge is -2.28. The zero-order chi connectivity index (χ0) is 30.7. The Kier molecular flexibility index (Phi) is 10.0. The molecule has 2 heterocycles. The van der Waals surface area contributed by atoms with Gasteiger partial charge in [0.15, 0.2) is 11.8 Å². The quantitative estimate of drug-likeness (QED) is 0.340. The summed E-state index contributed by atoms with van der Waals surface area (Å²) in [4.78, 5) is 27.3. The Morgan fingerprint density at radius 3 is 2.40 bits per heavy atom. The van der Waals surface area contributed by atoms with Crippen molar-refractivity contribution in [1.82, 2.24) is 15.0 Å². The maximum absolute atomic E-state index is 14.2. The summed E-state index contributed by atoms with van der Waals surface area (Å²) in [5, 5.41) is 5.44. The van der Waals surface area contributed by atoms with E-state index >= 15 is 0 Å². The first-order valence-corrected chi connectivity index (χ1v) is 15.8. The first-order valence-electron chi connectivity index (χ1n) is 13.5. The van der Waals surface area contributed by atoms with Crippen molar-refractivity contribution in [2.24, 2.45) is 0 Å². The number of hydrogen-bond donors (Lipinski definition) is 3. The van der Waals surface area contributed by atoms with Crippen molar-refractivity contribution in [2.75, 3.05) is 25.1 Å². The normalized spacial score (nSPS) is 19.7. The van der Waals surface area contributed by atoms with Crippen LogP contribution in [0, 0.1) is 0 Å². The average Bonchev–Trinajstić information content (AvgIpc) is 3.32. The van der Waals surface area contributed by atoms with Crippen molar-refractivity contribution in [3.05, 3.63) is 28.9 Å². The molecule has 42 heavy (non-hydrogen) atoms. The molecule has 0 atom stereocenters. The maximum Gasteiger partial charge on any atom is 0.434 e. The van der Waals surface area contributed by atoms with Crippen molar-refractivity contribution in [2.45, 2.75) is 81.7 Å². The molecule has 2 fully saturated rings. The van der Waals surface area contributed by atoms with Gasteiger partial charge < -0.3 is 19.5 Å². The van der Waals surface area contributed by atoms with E-state index in [1.807, 2.05) is 0 Å². The van der Waals surface area contributed by atoms with Gasteiger partial charge in [0, 0.05) is 29.8 Å². The molecule has 1 aliphatic heterocycles. The van der Waals surface area contributed by atoms with E-state index < -0.39 is 45.1 Å². The highest BCUT2D eigenvalue weighted by atomic mass is 32.2. The molecule has 0 bridgehead atoms. The van der Waals surface area contributed by atoms with E-state index in [-0.39, 0.29) is 59.0 Å². The van der Waals surface area contributed by atoms with E-state index in [4.69, 9.17) is 14.2 Å². The van der Waals surface area contributed by atoms with Crippen LogP contribution in [0.1, 0.15) is 63.1 Å². The van der Waals surface area contributed by atoms with Crippen LogP contribution < -0.4 is 15.4 Å². The van der Waals surface area contributed by atoms with Crippen molar-refractivity contribution in [3.63, 3.8) is 0 Å². The van der Waals surface area contributed by atoms with Crippen LogP contribution in [-0.2, 0) is 30.4 Å². The Morgan fingerprint density at radius 2 is 1.83 bits per heavy atom. The number of nitrogens with zero attached hydrogens (tertiary/aromatic N) is 1. The van der Waals surface area contributed by atoms with Gasteiger partial charge in [-0.1, -0.05) is 13.0 Å². The van der Waals surface area contributed by atoms with E-state index in [9.17, 15) is 31.2 Å². The number of alkyl carbamates (subject to hydrolysis) is 1. The lowest BCUT2D eigenvalue weighted by molar-refractivity contribution is -0.140. The molecule has 2 aliphatic rings. The lowest BCUT2D eigenvalue weighted by Crippen LogP contribution is -2.39. The smallest absolute Gasteiger partial charge is 0.434 e. The number of thiazole rings is 1. The van der Waals surface area contributed by atoms with Crippen molar-refractivity contribution in [3.8, 4) is 10.4 Å². The molecule has 1 aliphatic carbocycles. The summed E-state index contributed by atoms with van der Waals surface area (Å²) < 4.78 is 86.5. The highest BCUT2D eigenvalue weighted by molar-refractivity contribution is 7.89. The Morgan fingerprint density at radius 1 is 1.14 bits per heavy atom. The number of benzene rings is 1. The number of anilines is 1. The third-order valence-electron chi connectivity index (χ3n) is 6.63. The minimum Gasteiger partial charge on any atom is -0.447 e. The van der Waals surface area contributed by atoms with Crippen LogP contribution in [0.25, 0.3) is 10.4 Å². The fourth-order valence-corrected chi connectivity index (χ4v) is 7.28. The van der Waals surface area contributed by atoms with Crippen molar-refractivity contribution < 1.29 is 45.4 Å². The van der Waals surface area contributed by atoms with Gasteiger partial charge >= 0.3 is 18.4 Å². The highest BCUT2D eigenvalue weighted by Crippen LogP contribution is 2.46. The molecule has 1 aromatic carbocycles. The topological polar surface area (TPSA) is 145 Å². The summed E-state index contributed by atoms with van der Waals surface area (Å²) in [6.45, 7) is 5.47.